The highest BCUT2D eigenvalue weighted by molar-refractivity contribution is 5.86. The number of carbonyl (C=O) groups is 1. The number of imidazole rings is 1. The van der Waals surface area contributed by atoms with E-state index >= 15 is 0 Å². The van der Waals surface area contributed by atoms with E-state index in [1.165, 1.54) is 0 Å². The first-order valence-electron chi connectivity index (χ1n) is 9.17. The molecule has 0 spiro atoms. The first kappa shape index (κ1) is 19.0. The quantitative estimate of drug-likeness (QED) is 0.431. The molecule has 4 aromatic rings. The average Bonchev–Trinajstić information content (AvgIpc) is 3.49. The predicted octanol–water partition coefficient (Wildman–Crippen LogP) is 4.27. The highest BCUT2D eigenvalue weighted by Crippen LogP contribution is 2.17. The molecule has 0 aliphatic carbocycles. The molecule has 0 fully saturated rings. The van der Waals surface area contributed by atoms with Crippen LogP contribution in [0, 0.1) is 11.3 Å². The molecule has 148 valence electrons. The summed E-state index contributed by atoms with van der Waals surface area (Å²) in [5, 5.41) is 8.81. The number of aromatic nitrogens is 2. The number of hydrogen-bond donors (Lipinski definition) is 0. The second kappa shape index (κ2) is 8.80. The third-order valence-electron chi connectivity index (χ3n) is 4.34. The summed E-state index contributed by atoms with van der Waals surface area (Å²) < 4.78 is 18.3. The molecule has 0 saturated heterocycles. The van der Waals surface area contributed by atoms with Gasteiger partial charge in [-0.1, -0.05) is 12.1 Å². The molecule has 0 bridgehead atoms. The molecule has 0 saturated carbocycles. The number of benzene rings is 2. The van der Waals surface area contributed by atoms with Gasteiger partial charge < -0.3 is 18.5 Å². The Bertz CT molecular complexity index is 1150. The predicted molar refractivity (Wildman–Crippen MR) is 107 cm³/mol. The fraction of sp³-hybridized carbons (Fsp3) is 0.0870. The van der Waals surface area contributed by atoms with Gasteiger partial charge in [0, 0.05) is 18.1 Å². The maximum Gasteiger partial charge on any atom is 0.374 e. The lowest BCUT2D eigenvalue weighted by molar-refractivity contribution is 0.0432. The van der Waals surface area contributed by atoms with Crippen LogP contribution in [0.4, 0.5) is 0 Å². The van der Waals surface area contributed by atoms with Gasteiger partial charge in [-0.05, 0) is 54.1 Å². The summed E-state index contributed by atoms with van der Waals surface area (Å²) in [4.78, 5) is 16.2. The Labute approximate surface area is 172 Å². The van der Waals surface area contributed by atoms with E-state index in [1.807, 2.05) is 41.1 Å². The summed E-state index contributed by atoms with van der Waals surface area (Å²) in [6.45, 7) is 0.301. The average molecular weight is 399 g/mol. The van der Waals surface area contributed by atoms with E-state index in [-0.39, 0.29) is 19.0 Å². The van der Waals surface area contributed by atoms with Crippen molar-refractivity contribution in [2.24, 2.45) is 0 Å². The van der Waals surface area contributed by atoms with Gasteiger partial charge in [-0.25, -0.2) is 9.78 Å². The monoisotopic (exact) mass is 399 g/mol. The van der Waals surface area contributed by atoms with Gasteiger partial charge in [0.2, 0.25) is 5.76 Å². The topological polar surface area (TPSA) is 90.3 Å². The summed E-state index contributed by atoms with van der Waals surface area (Å²) in [5.74, 6) is 0.673. The van der Waals surface area contributed by atoms with Gasteiger partial charge in [-0.15, -0.1) is 0 Å². The van der Waals surface area contributed by atoms with Crippen molar-refractivity contribution in [1.29, 1.82) is 5.26 Å². The number of nitrogens with zero attached hydrogens (tertiary/aromatic N) is 3. The summed E-state index contributed by atoms with van der Waals surface area (Å²) in [6, 6.07) is 19.7. The Hall–Kier alpha value is -4.31. The van der Waals surface area contributed by atoms with Crippen LogP contribution in [0.15, 0.2) is 83.8 Å². The third-order valence-corrected chi connectivity index (χ3v) is 4.34. The van der Waals surface area contributed by atoms with Gasteiger partial charge in [0.15, 0.2) is 0 Å². The smallest absolute Gasteiger partial charge is 0.374 e. The molecular weight excluding hydrogens is 382 g/mol. The molecule has 4 rings (SSSR count). The zero-order chi connectivity index (χ0) is 20.8. The van der Waals surface area contributed by atoms with E-state index in [0.29, 0.717) is 17.1 Å². The largest absolute Gasteiger partial charge is 0.486 e. The lowest BCUT2D eigenvalue weighted by atomic mass is 10.2. The standard InChI is InChI=1S/C23H17N3O4/c24-13-17-3-7-20(8-4-17)28-15-21-9-10-22(30-21)23(27)29-14-18-1-5-19(6-2-18)26-12-11-25-16-26/h1-12,16H,14-15H2. The van der Waals surface area contributed by atoms with Gasteiger partial charge in [0.25, 0.3) is 0 Å². The van der Waals surface area contributed by atoms with Crippen LogP contribution in [0.2, 0.25) is 0 Å². The lowest BCUT2D eigenvalue weighted by Crippen LogP contribution is -2.04. The van der Waals surface area contributed by atoms with Crippen molar-refractivity contribution in [3.63, 3.8) is 0 Å². The van der Waals surface area contributed by atoms with Crippen LogP contribution in [0.3, 0.4) is 0 Å². The van der Waals surface area contributed by atoms with Crippen LogP contribution in [0.5, 0.6) is 5.75 Å². The molecule has 0 unspecified atom stereocenters. The molecule has 2 aromatic heterocycles. The van der Waals surface area contributed by atoms with Crippen molar-refractivity contribution >= 4 is 5.97 Å². The van der Waals surface area contributed by atoms with Crippen LogP contribution in [-0.2, 0) is 18.0 Å². The molecule has 7 heteroatoms. The van der Waals surface area contributed by atoms with Gasteiger partial charge in [-0.3, -0.25) is 0 Å². The van der Waals surface area contributed by atoms with E-state index in [4.69, 9.17) is 19.2 Å². The van der Waals surface area contributed by atoms with Gasteiger partial charge in [0.1, 0.15) is 24.7 Å². The van der Waals surface area contributed by atoms with E-state index in [2.05, 4.69) is 4.98 Å². The highest BCUT2D eigenvalue weighted by atomic mass is 16.5. The summed E-state index contributed by atoms with van der Waals surface area (Å²) in [5.41, 5.74) is 2.39. The Morgan fingerprint density at radius 2 is 1.83 bits per heavy atom. The van der Waals surface area contributed by atoms with E-state index in [9.17, 15) is 4.79 Å². The number of ether oxygens (including phenoxy) is 2. The second-order valence-electron chi connectivity index (χ2n) is 6.40. The van der Waals surface area contributed by atoms with E-state index in [0.717, 1.165) is 11.3 Å². The molecular formula is C23H17N3O4. The highest BCUT2D eigenvalue weighted by Gasteiger charge is 2.13. The first-order chi connectivity index (χ1) is 14.7. The van der Waals surface area contributed by atoms with E-state index in [1.54, 1.807) is 48.9 Å². The molecule has 0 radical (unpaired) electrons. The molecule has 0 atom stereocenters. The summed E-state index contributed by atoms with van der Waals surface area (Å²) in [6.07, 6.45) is 5.28. The third kappa shape index (κ3) is 4.56. The Kier molecular flexibility index (Phi) is 5.58. The van der Waals surface area contributed by atoms with Crippen molar-refractivity contribution in [3.05, 3.63) is 102 Å². The van der Waals surface area contributed by atoms with Crippen molar-refractivity contribution < 1.29 is 18.7 Å². The van der Waals surface area contributed by atoms with Crippen LogP contribution in [0.25, 0.3) is 5.69 Å². The summed E-state index contributed by atoms with van der Waals surface area (Å²) in [7, 11) is 0. The normalized spacial score (nSPS) is 10.4. The number of esters is 1. The molecule has 2 heterocycles. The lowest BCUT2D eigenvalue weighted by Gasteiger charge is -2.06. The zero-order valence-electron chi connectivity index (χ0n) is 15.9. The van der Waals surface area contributed by atoms with Crippen LogP contribution >= 0.6 is 0 Å². The van der Waals surface area contributed by atoms with Gasteiger partial charge in [0.05, 0.1) is 18.0 Å². The SMILES string of the molecule is N#Cc1ccc(OCc2ccc(C(=O)OCc3ccc(-n4ccnc4)cc3)o2)cc1. The molecule has 0 aliphatic rings. The number of furan rings is 1. The van der Waals surface area contributed by atoms with Crippen molar-refractivity contribution in [2.75, 3.05) is 0 Å². The minimum Gasteiger partial charge on any atom is -0.486 e. The number of carbonyl (C=O) groups excluding carboxylic acids is 1. The van der Waals surface area contributed by atoms with Crippen molar-refractivity contribution in [1.82, 2.24) is 9.55 Å². The fourth-order valence-corrected chi connectivity index (χ4v) is 2.74. The Morgan fingerprint density at radius 3 is 2.53 bits per heavy atom. The molecule has 7 nitrogen and oxygen atoms in total. The van der Waals surface area contributed by atoms with Crippen LogP contribution in [-0.4, -0.2) is 15.5 Å². The zero-order valence-corrected chi connectivity index (χ0v) is 15.9. The minimum absolute atomic E-state index is 0.114. The summed E-state index contributed by atoms with van der Waals surface area (Å²) >= 11 is 0. The molecule has 30 heavy (non-hydrogen) atoms. The second-order valence-corrected chi connectivity index (χ2v) is 6.40. The van der Waals surface area contributed by atoms with Crippen molar-refractivity contribution in [2.45, 2.75) is 13.2 Å². The maximum atomic E-state index is 12.2. The Morgan fingerprint density at radius 1 is 1.03 bits per heavy atom. The Balaban J connectivity index is 1.29. The van der Waals surface area contributed by atoms with Crippen LogP contribution in [0.1, 0.15) is 27.4 Å². The van der Waals surface area contributed by atoms with Crippen molar-refractivity contribution in [3.8, 4) is 17.5 Å². The number of rotatable bonds is 7. The molecule has 0 N–H and O–H groups in total. The minimum atomic E-state index is -0.543. The molecule has 0 amide bonds. The van der Waals surface area contributed by atoms with E-state index < -0.39 is 5.97 Å². The first-order valence-corrected chi connectivity index (χ1v) is 9.17. The fourth-order valence-electron chi connectivity index (χ4n) is 2.74. The van der Waals surface area contributed by atoms with Gasteiger partial charge in [-0.2, -0.15) is 5.26 Å². The van der Waals surface area contributed by atoms with Crippen LogP contribution < -0.4 is 4.74 Å². The molecule has 2 aromatic carbocycles. The number of hydrogen-bond acceptors (Lipinski definition) is 6. The molecule has 0 aliphatic heterocycles. The number of nitriles is 1. The van der Waals surface area contributed by atoms with Gasteiger partial charge >= 0.3 is 5.97 Å². The maximum absolute atomic E-state index is 12.2.